The molecule has 0 spiro atoms. The Hall–Kier alpha value is -6.11. The summed E-state index contributed by atoms with van der Waals surface area (Å²) in [6, 6.07) is 31.3. The minimum absolute atomic E-state index is 0.0734. The monoisotopic (exact) mass is 764 g/mol. The van der Waals surface area contributed by atoms with Crippen LogP contribution in [-0.4, -0.2) is 99.6 Å². The van der Waals surface area contributed by atoms with Crippen molar-refractivity contribution in [2.24, 2.45) is 0 Å². The van der Waals surface area contributed by atoms with E-state index in [2.05, 4.69) is 15.3 Å². The van der Waals surface area contributed by atoms with Crippen molar-refractivity contribution in [1.29, 1.82) is 0 Å². The second-order valence-corrected chi connectivity index (χ2v) is 15.4. The first kappa shape index (κ1) is 37.8. The third kappa shape index (κ3) is 7.70. The molecule has 4 atom stereocenters. The first-order chi connectivity index (χ1) is 27.7. The summed E-state index contributed by atoms with van der Waals surface area (Å²) in [5.41, 5.74) is 5.76. The second kappa shape index (κ2) is 16.2. The summed E-state index contributed by atoms with van der Waals surface area (Å²) in [6.07, 6.45) is 4.83. The maximum Gasteiger partial charge on any atom is 0.247 e. The van der Waals surface area contributed by atoms with Crippen molar-refractivity contribution < 1.29 is 18.8 Å². The van der Waals surface area contributed by atoms with Crippen LogP contribution >= 0.6 is 0 Å². The van der Waals surface area contributed by atoms with E-state index in [1.54, 1.807) is 11.1 Å². The third-order valence-electron chi connectivity index (χ3n) is 11.1. The number of amides is 3. The van der Waals surface area contributed by atoms with Gasteiger partial charge in [-0.15, -0.1) is 0 Å². The van der Waals surface area contributed by atoms with Gasteiger partial charge in [-0.2, -0.15) is 0 Å². The molecule has 2 fully saturated rings. The van der Waals surface area contributed by atoms with Crippen molar-refractivity contribution >= 4 is 34.4 Å². The standard InChI is InChI=1S/C45H48N8O4/c1-50(2)39(29-13-7-5-8-14-29)44(55)52-25-11-17-36(52)41-48-34-24-21-32(27-35(34)49-41)38-28-46-43(57-38)31-19-22-33(23-20-31)47-42(54)37-18-12-26-53(37)45(56)40(51(3)4)30-15-9-6-10-16-30/h5-10,13-16,19-24,27-28,36-37,39-40H,11-12,17-18,25-26H2,1-4H3,(H,47,54)(H,48,49)/t36-,37-,39+,40+/m0/s1. The van der Waals surface area contributed by atoms with Crippen LogP contribution in [0.15, 0.2) is 114 Å². The highest BCUT2D eigenvalue weighted by Crippen LogP contribution is 2.36. The van der Waals surface area contributed by atoms with Crippen LogP contribution in [0, 0.1) is 0 Å². The summed E-state index contributed by atoms with van der Waals surface area (Å²) < 4.78 is 6.23. The van der Waals surface area contributed by atoms with E-state index in [0.29, 0.717) is 36.8 Å². The summed E-state index contributed by atoms with van der Waals surface area (Å²) in [4.78, 5) is 61.8. The highest BCUT2D eigenvalue weighted by molar-refractivity contribution is 5.98. The summed E-state index contributed by atoms with van der Waals surface area (Å²) in [6.45, 7) is 1.23. The Morgan fingerprint density at radius 1 is 0.754 bits per heavy atom. The van der Waals surface area contributed by atoms with Gasteiger partial charge >= 0.3 is 0 Å². The number of hydrogen-bond acceptors (Lipinski definition) is 8. The van der Waals surface area contributed by atoms with Crippen LogP contribution in [0.5, 0.6) is 0 Å². The molecule has 8 rings (SSSR count). The molecule has 0 aliphatic carbocycles. The lowest BCUT2D eigenvalue weighted by Crippen LogP contribution is -2.47. The molecule has 3 amide bonds. The predicted octanol–water partition coefficient (Wildman–Crippen LogP) is 7.08. The third-order valence-corrected chi connectivity index (χ3v) is 11.1. The number of fused-ring (bicyclic) bond motifs is 1. The zero-order valence-electron chi connectivity index (χ0n) is 32.8. The second-order valence-electron chi connectivity index (χ2n) is 15.4. The zero-order valence-corrected chi connectivity index (χ0v) is 32.8. The van der Waals surface area contributed by atoms with Gasteiger partial charge in [0.1, 0.15) is 23.9 Å². The molecule has 0 radical (unpaired) electrons. The van der Waals surface area contributed by atoms with Gasteiger partial charge < -0.3 is 24.5 Å². The summed E-state index contributed by atoms with van der Waals surface area (Å²) in [5, 5.41) is 3.02. The minimum atomic E-state index is -0.546. The molecule has 0 bridgehead atoms. The van der Waals surface area contributed by atoms with Crippen LogP contribution in [0.3, 0.4) is 0 Å². The Kier molecular flexibility index (Phi) is 10.7. The van der Waals surface area contributed by atoms with Gasteiger partial charge in [-0.3, -0.25) is 24.2 Å². The maximum atomic E-state index is 14.0. The normalized spacial score (nSPS) is 18.1. The van der Waals surface area contributed by atoms with Gasteiger partial charge in [-0.1, -0.05) is 60.7 Å². The number of carbonyl (C=O) groups excluding carboxylic acids is 3. The topological polar surface area (TPSA) is 131 Å². The van der Waals surface area contributed by atoms with Crippen LogP contribution in [0.4, 0.5) is 5.69 Å². The fraction of sp³-hybridized carbons (Fsp3) is 0.311. The Morgan fingerprint density at radius 2 is 1.35 bits per heavy atom. The first-order valence-corrected chi connectivity index (χ1v) is 19.6. The number of H-pyrrole nitrogens is 1. The molecule has 12 heteroatoms. The molecule has 12 nitrogen and oxygen atoms in total. The van der Waals surface area contributed by atoms with Crippen molar-refractivity contribution in [2.75, 3.05) is 46.6 Å². The van der Waals surface area contributed by atoms with E-state index in [0.717, 1.165) is 58.4 Å². The number of benzene rings is 4. The van der Waals surface area contributed by atoms with Gasteiger partial charge in [0.25, 0.3) is 0 Å². The van der Waals surface area contributed by atoms with Gasteiger partial charge in [-0.25, -0.2) is 9.97 Å². The average Bonchev–Trinajstić information content (AvgIpc) is 4.05. The van der Waals surface area contributed by atoms with E-state index in [-0.39, 0.29) is 29.8 Å². The van der Waals surface area contributed by atoms with E-state index in [9.17, 15) is 14.4 Å². The van der Waals surface area contributed by atoms with Gasteiger partial charge in [0.05, 0.1) is 23.3 Å². The number of nitrogens with zero attached hydrogens (tertiary/aromatic N) is 6. The number of aromatic amines is 1. The van der Waals surface area contributed by atoms with E-state index in [1.807, 2.05) is 146 Å². The van der Waals surface area contributed by atoms with Crippen LogP contribution in [0.2, 0.25) is 0 Å². The zero-order chi connectivity index (χ0) is 39.6. The average molecular weight is 765 g/mol. The molecule has 0 unspecified atom stereocenters. The number of hydrogen-bond donors (Lipinski definition) is 2. The molecule has 2 N–H and O–H groups in total. The molecular formula is C45H48N8O4. The van der Waals surface area contributed by atoms with Gasteiger partial charge in [-0.05, 0) is 107 Å². The summed E-state index contributed by atoms with van der Waals surface area (Å²) in [5.74, 6) is 1.62. The molecule has 4 heterocycles. The van der Waals surface area contributed by atoms with Gasteiger partial charge in [0.15, 0.2) is 5.76 Å². The first-order valence-electron chi connectivity index (χ1n) is 19.6. The van der Waals surface area contributed by atoms with E-state index >= 15 is 0 Å². The van der Waals surface area contributed by atoms with Gasteiger partial charge in [0, 0.05) is 29.9 Å². The van der Waals surface area contributed by atoms with E-state index in [4.69, 9.17) is 9.40 Å². The molecule has 292 valence electrons. The minimum Gasteiger partial charge on any atom is -0.436 e. The SMILES string of the molecule is CN(C)[C@@H](C(=O)N1CCC[C@H]1C(=O)Nc1ccc(-c2ncc(-c3ccc4[nH]c([C@@H]5CCCN5C(=O)[C@@H](c5ccccc5)N(C)C)nc4c3)o2)cc1)c1ccccc1. The van der Waals surface area contributed by atoms with E-state index in [1.165, 1.54) is 0 Å². The number of rotatable bonds is 11. The smallest absolute Gasteiger partial charge is 0.247 e. The highest BCUT2D eigenvalue weighted by atomic mass is 16.4. The molecule has 2 aliphatic heterocycles. The fourth-order valence-electron chi connectivity index (χ4n) is 8.33. The highest BCUT2D eigenvalue weighted by Gasteiger charge is 2.39. The quantitative estimate of drug-likeness (QED) is 0.143. The largest absolute Gasteiger partial charge is 0.436 e. The number of nitrogens with one attached hydrogen (secondary N) is 2. The number of oxazole rings is 1. The van der Waals surface area contributed by atoms with Crippen LogP contribution in [-0.2, 0) is 14.4 Å². The van der Waals surface area contributed by atoms with Crippen molar-refractivity contribution in [3.63, 3.8) is 0 Å². The number of aromatic nitrogens is 3. The fourth-order valence-corrected chi connectivity index (χ4v) is 8.33. The molecule has 57 heavy (non-hydrogen) atoms. The number of likely N-dealkylation sites (tertiary alicyclic amines) is 2. The lowest BCUT2D eigenvalue weighted by molar-refractivity contribution is -0.140. The van der Waals surface area contributed by atoms with Crippen LogP contribution in [0.1, 0.15) is 60.8 Å². The molecule has 4 aromatic carbocycles. The van der Waals surface area contributed by atoms with Crippen molar-refractivity contribution in [3.8, 4) is 22.8 Å². The predicted molar refractivity (Wildman–Crippen MR) is 220 cm³/mol. The maximum absolute atomic E-state index is 14.0. The molecule has 2 aliphatic rings. The lowest BCUT2D eigenvalue weighted by atomic mass is 10.0. The van der Waals surface area contributed by atoms with Crippen molar-refractivity contribution in [1.82, 2.24) is 34.6 Å². The van der Waals surface area contributed by atoms with Crippen molar-refractivity contribution in [2.45, 2.75) is 49.9 Å². The van der Waals surface area contributed by atoms with Crippen molar-refractivity contribution in [3.05, 3.63) is 126 Å². The van der Waals surface area contributed by atoms with Crippen LogP contribution < -0.4 is 5.32 Å². The molecule has 0 saturated carbocycles. The number of likely N-dealkylation sites (N-methyl/N-ethyl adjacent to an activating group) is 2. The molecular weight excluding hydrogens is 717 g/mol. The molecule has 6 aromatic rings. The van der Waals surface area contributed by atoms with Crippen LogP contribution in [0.25, 0.3) is 33.8 Å². The molecule has 2 aromatic heterocycles. The summed E-state index contributed by atoms with van der Waals surface area (Å²) >= 11 is 0. The number of carbonyl (C=O) groups is 3. The van der Waals surface area contributed by atoms with Gasteiger partial charge in [0.2, 0.25) is 23.6 Å². The molecule has 2 saturated heterocycles. The number of imidazole rings is 1. The Morgan fingerprint density at radius 3 is 2.00 bits per heavy atom. The number of anilines is 1. The lowest BCUT2D eigenvalue weighted by Gasteiger charge is -2.31. The Bertz CT molecular complexity index is 2360. The van der Waals surface area contributed by atoms with E-state index < -0.39 is 12.1 Å². The Balaban J connectivity index is 0.933. The Labute approximate surface area is 332 Å². The summed E-state index contributed by atoms with van der Waals surface area (Å²) in [7, 11) is 7.65.